The summed E-state index contributed by atoms with van der Waals surface area (Å²) in [5.41, 5.74) is 1.11. The van der Waals surface area contributed by atoms with Gasteiger partial charge in [-0.25, -0.2) is 4.79 Å². The van der Waals surface area contributed by atoms with E-state index in [9.17, 15) is 14.7 Å². The highest BCUT2D eigenvalue weighted by molar-refractivity contribution is 5.73. The number of hydrogen-bond donors (Lipinski definition) is 2. The molecule has 0 unspecified atom stereocenters. The molecule has 142 valence electrons. The molecule has 0 heterocycles. The van der Waals surface area contributed by atoms with Gasteiger partial charge in [-0.2, -0.15) is 0 Å². The second kappa shape index (κ2) is 8.68. The van der Waals surface area contributed by atoms with Crippen LogP contribution >= 0.6 is 0 Å². The molecular formula is C21H23NO5. The van der Waals surface area contributed by atoms with E-state index in [-0.39, 0.29) is 19.1 Å². The summed E-state index contributed by atoms with van der Waals surface area (Å²) in [4.78, 5) is 23.3. The summed E-state index contributed by atoms with van der Waals surface area (Å²) in [6.07, 6.45) is 0.0539. The van der Waals surface area contributed by atoms with Gasteiger partial charge in [0.1, 0.15) is 6.61 Å². The molecule has 0 radical (unpaired) electrons. The van der Waals surface area contributed by atoms with E-state index >= 15 is 0 Å². The normalized spacial score (nSPS) is 21.1. The lowest BCUT2D eigenvalue weighted by Gasteiger charge is -2.46. The molecule has 0 atom stereocenters. The molecule has 1 fully saturated rings. The average molecular weight is 369 g/mol. The zero-order chi connectivity index (χ0) is 19.1. The molecule has 6 heteroatoms. The maximum Gasteiger partial charge on any atom is 0.407 e. The van der Waals surface area contributed by atoms with E-state index in [0.717, 1.165) is 11.1 Å². The monoisotopic (exact) mass is 369 g/mol. The molecule has 3 rings (SSSR count). The van der Waals surface area contributed by atoms with Crippen molar-refractivity contribution < 1.29 is 24.2 Å². The fourth-order valence-electron chi connectivity index (χ4n) is 3.27. The predicted octanol–water partition coefficient (Wildman–Crippen LogP) is 3.51. The van der Waals surface area contributed by atoms with Crippen molar-refractivity contribution in [2.75, 3.05) is 0 Å². The van der Waals surface area contributed by atoms with Gasteiger partial charge in [-0.05, 0) is 24.0 Å². The average Bonchev–Trinajstić information content (AvgIpc) is 2.64. The SMILES string of the molecule is O=C(O)CC1(NC(=O)OCc2ccccc2)CC(OCc2ccccc2)C1. The molecule has 2 aromatic carbocycles. The van der Waals surface area contributed by atoms with Crippen molar-refractivity contribution >= 4 is 12.1 Å². The lowest BCUT2D eigenvalue weighted by atomic mass is 9.72. The Labute approximate surface area is 158 Å². The topological polar surface area (TPSA) is 84.9 Å². The van der Waals surface area contributed by atoms with Crippen molar-refractivity contribution in [3.05, 3.63) is 71.8 Å². The number of hydrogen-bond acceptors (Lipinski definition) is 4. The number of ether oxygens (including phenoxy) is 2. The molecule has 0 bridgehead atoms. The molecule has 1 aliphatic rings. The van der Waals surface area contributed by atoms with Crippen molar-refractivity contribution in [2.24, 2.45) is 0 Å². The van der Waals surface area contributed by atoms with Gasteiger partial charge in [0, 0.05) is 0 Å². The number of carboxylic acid groups (broad SMARTS) is 1. The van der Waals surface area contributed by atoms with Gasteiger partial charge < -0.3 is 19.9 Å². The minimum atomic E-state index is -0.958. The molecule has 0 aliphatic heterocycles. The summed E-state index contributed by atoms with van der Waals surface area (Å²) in [5, 5.41) is 11.9. The number of carbonyl (C=O) groups is 2. The van der Waals surface area contributed by atoms with Crippen molar-refractivity contribution in [1.29, 1.82) is 0 Å². The molecule has 1 aliphatic carbocycles. The number of benzene rings is 2. The second-order valence-corrected chi connectivity index (χ2v) is 6.86. The molecule has 27 heavy (non-hydrogen) atoms. The fraction of sp³-hybridized carbons (Fsp3) is 0.333. The third kappa shape index (κ3) is 5.56. The first kappa shape index (κ1) is 18.9. The largest absolute Gasteiger partial charge is 0.481 e. The minimum Gasteiger partial charge on any atom is -0.481 e. The van der Waals surface area contributed by atoms with Crippen LogP contribution in [0.4, 0.5) is 4.79 Å². The Kier molecular flexibility index (Phi) is 6.08. The van der Waals surface area contributed by atoms with Crippen LogP contribution in [-0.2, 0) is 27.5 Å². The predicted molar refractivity (Wildman–Crippen MR) is 99.0 cm³/mol. The highest BCUT2D eigenvalue weighted by Crippen LogP contribution is 2.38. The molecular weight excluding hydrogens is 346 g/mol. The Morgan fingerprint density at radius 3 is 2.07 bits per heavy atom. The number of rotatable bonds is 8. The molecule has 6 nitrogen and oxygen atoms in total. The summed E-state index contributed by atoms with van der Waals surface area (Å²) >= 11 is 0. The van der Waals surface area contributed by atoms with Crippen LogP contribution in [0.3, 0.4) is 0 Å². The number of nitrogens with one attached hydrogen (secondary N) is 1. The Bertz CT molecular complexity index is 757. The van der Waals surface area contributed by atoms with Gasteiger partial charge in [-0.1, -0.05) is 60.7 Å². The van der Waals surface area contributed by atoms with Crippen LogP contribution in [0.25, 0.3) is 0 Å². The van der Waals surface area contributed by atoms with Gasteiger partial charge in [0.25, 0.3) is 0 Å². The van der Waals surface area contributed by atoms with Crippen LogP contribution in [0.2, 0.25) is 0 Å². The van der Waals surface area contributed by atoms with E-state index < -0.39 is 17.6 Å². The lowest BCUT2D eigenvalue weighted by molar-refractivity contribution is -0.142. The fourth-order valence-corrected chi connectivity index (χ4v) is 3.27. The van der Waals surface area contributed by atoms with E-state index in [2.05, 4.69) is 5.32 Å². The molecule has 0 saturated heterocycles. The molecule has 0 aromatic heterocycles. The van der Waals surface area contributed by atoms with Gasteiger partial charge in [-0.3, -0.25) is 4.79 Å². The Hall–Kier alpha value is -2.86. The second-order valence-electron chi connectivity index (χ2n) is 6.86. The summed E-state index contributed by atoms with van der Waals surface area (Å²) in [7, 11) is 0. The van der Waals surface area contributed by atoms with Crippen molar-refractivity contribution in [3.63, 3.8) is 0 Å². The Balaban J connectivity index is 1.49. The highest BCUT2D eigenvalue weighted by atomic mass is 16.5. The molecule has 1 amide bonds. The van der Waals surface area contributed by atoms with Gasteiger partial charge in [0.2, 0.25) is 0 Å². The van der Waals surface area contributed by atoms with E-state index in [1.165, 1.54) is 0 Å². The smallest absolute Gasteiger partial charge is 0.407 e. The first-order chi connectivity index (χ1) is 13.0. The first-order valence-electron chi connectivity index (χ1n) is 8.91. The van der Waals surface area contributed by atoms with Crippen molar-refractivity contribution in [2.45, 2.75) is 44.1 Å². The third-order valence-electron chi connectivity index (χ3n) is 4.63. The maximum absolute atomic E-state index is 12.1. The number of carbonyl (C=O) groups excluding carboxylic acids is 1. The number of carboxylic acids is 1. The van der Waals surface area contributed by atoms with Gasteiger partial charge >= 0.3 is 12.1 Å². The first-order valence-corrected chi connectivity index (χ1v) is 8.91. The van der Waals surface area contributed by atoms with Crippen molar-refractivity contribution in [1.82, 2.24) is 5.32 Å². The van der Waals surface area contributed by atoms with E-state index in [0.29, 0.717) is 19.4 Å². The number of aliphatic carboxylic acids is 1. The summed E-state index contributed by atoms with van der Waals surface area (Å²) in [6, 6.07) is 19.1. The third-order valence-corrected chi connectivity index (χ3v) is 4.63. The Morgan fingerprint density at radius 1 is 0.963 bits per heavy atom. The van der Waals surface area contributed by atoms with Crippen molar-refractivity contribution in [3.8, 4) is 0 Å². The van der Waals surface area contributed by atoms with Crippen LogP contribution in [0.1, 0.15) is 30.4 Å². The lowest BCUT2D eigenvalue weighted by Crippen LogP contribution is -2.61. The molecule has 0 spiro atoms. The Morgan fingerprint density at radius 2 is 1.52 bits per heavy atom. The van der Waals surface area contributed by atoms with E-state index in [1.54, 1.807) is 0 Å². The molecule has 2 N–H and O–H groups in total. The van der Waals surface area contributed by atoms with Crippen LogP contribution in [-0.4, -0.2) is 28.8 Å². The van der Waals surface area contributed by atoms with Gasteiger partial charge in [-0.15, -0.1) is 0 Å². The van der Waals surface area contributed by atoms with Crippen LogP contribution < -0.4 is 5.32 Å². The van der Waals surface area contributed by atoms with Crippen LogP contribution in [0.15, 0.2) is 60.7 Å². The zero-order valence-corrected chi connectivity index (χ0v) is 15.0. The van der Waals surface area contributed by atoms with Gasteiger partial charge in [0.15, 0.2) is 0 Å². The highest BCUT2D eigenvalue weighted by Gasteiger charge is 2.48. The molecule has 2 aromatic rings. The summed E-state index contributed by atoms with van der Waals surface area (Å²) in [6.45, 7) is 0.608. The maximum atomic E-state index is 12.1. The van der Waals surface area contributed by atoms with E-state index in [4.69, 9.17) is 9.47 Å². The standard InChI is InChI=1S/C21H23NO5/c23-19(24)13-21(22-20(25)27-15-17-9-5-2-6-10-17)11-18(12-21)26-14-16-7-3-1-4-8-16/h1-10,18H,11-15H2,(H,22,25)(H,23,24). The minimum absolute atomic E-state index is 0.0843. The quantitative estimate of drug-likeness (QED) is 0.744. The molecule has 1 saturated carbocycles. The summed E-state index contributed by atoms with van der Waals surface area (Å²) in [5.74, 6) is -0.958. The van der Waals surface area contributed by atoms with Crippen LogP contribution in [0, 0.1) is 0 Å². The zero-order valence-electron chi connectivity index (χ0n) is 15.0. The number of alkyl carbamates (subject to hydrolysis) is 1. The number of amides is 1. The summed E-state index contributed by atoms with van der Waals surface area (Å²) < 4.78 is 11.0. The van der Waals surface area contributed by atoms with Gasteiger partial charge in [0.05, 0.1) is 24.7 Å². The van der Waals surface area contributed by atoms with E-state index in [1.807, 2.05) is 60.7 Å². The van der Waals surface area contributed by atoms with Crippen LogP contribution in [0.5, 0.6) is 0 Å².